The van der Waals surface area contributed by atoms with Gasteiger partial charge in [0.1, 0.15) is 12.3 Å². The average Bonchev–Trinajstić information content (AvgIpc) is 2.93. The SMILES string of the molecule is Cc1nc(C(=O)N[C@@H](Cc2ccccc2)C(=O)NN)co1. The number of amides is 2. The summed E-state index contributed by atoms with van der Waals surface area (Å²) in [6.07, 6.45) is 1.57. The van der Waals surface area contributed by atoms with E-state index in [1.165, 1.54) is 6.26 Å². The molecule has 0 fully saturated rings. The predicted molar refractivity (Wildman–Crippen MR) is 75.0 cm³/mol. The summed E-state index contributed by atoms with van der Waals surface area (Å²) in [5, 5.41) is 2.59. The highest BCUT2D eigenvalue weighted by molar-refractivity contribution is 5.95. The van der Waals surface area contributed by atoms with Crippen molar-refractivity contribution in [2.75, 3.05) is 0 Å². The maximum atomic E-state index is 12.0. The summed E-state index contributed by atoms with van der Waals surface area (Å²) in [4.78, 5) is 27.7. The number of hydrogen-bond donors (Lipinski definition) is 3. The number of rotatable bonds is 5. The van der Waals surface area contributed by atoms with Crippen molar-refractivity contribution in [3.8, 4) is 0 Å². The fourth-order valence-corrected chi connectivity index (χ4v) is 1.86. The molecule has 4 N–H and O–H groups in total. The van der Waals surface area contributed by atoms with Crippen LogP contribution in [0.5, 0.6) is 0 Å². The van der Waals surface area contributed by atoms with Gasteiger partial charge in [0.15, 0.2) is 11.6 Å². The molecular formula is C14H16N4O3. The van der Waals surface area contributed by atoms with Crippen molar-refractivity contribution in [1.29, 1.82) is 0 Å². The Morgan fingerprint density at radius 1 is 1.33 bits per heavy atom. The normalized spacial score (nSPS) is 11.7. The third-order valence-corrected chi connectivity index (χ3v) is 2.90. The Balaban J connectivity index is 2.09. The largest absolute Gasteiger partial charge is 0.448 e. The van der Waals surface area contributed by atoms with Crippen LogP contribution in [0.4, 0.5) is 0 Å². The summed E-state index contributed by atoms with van der Waals surface area (Å²) in [6.45, 7) is 1.63. The van der Waals surface area contributed by atoms with Crippen molar-refractivity contribution in [3.63, 3.8) is 0 Å². The number of nitrogens with one attached hydrogen (secondary N) is 2. The summed E-state index contributed by atoms with van der Waals surface area (Å²) < 4.78 is 4.98. The van der Waals surface area contributed by atoms with Gasteiger partial charge in [-0.3, -0.25) is 15.0 Å². The van der Waals surface area contributed by atoms with Gasteiger partial charge in [0.05, 0.1) is 0 Å². The second-order valence-corrected chi connectivity index (χ2v) is 4.48. The molecule has 0 aliphatic carbocycles. The smallest absolute Gasteiger partial charge is 0.273 e. The molecule has 0 saturated carbocycles. The Morgan fingerprint density at radius 3 is 2.62 bits per heavy atom. The van der Waals surface area contributed by atoms with Gasteiger partial charge in [-0.1, -0.05) is 30.3 Å². The minimum atomic E-state index is -0.790. The van der Waals surface area contributed by atoms with Crippen molar-refractivity contribution in [1.82, 2.24) is 15.7 Å². The highest BCUT2D eigenvalue weighted by atomic mass is 16.3. The fraction of sp³-hybridized carbons (Fsp3) is 0.214. The molecule has 2 aromatic rings. The number of hydrazine groups is 1. The lowest BCUT2D eigenvalue weighted by Gasteiger charge is -2.16. The van der Waals surface area contributed by atoms with Gasteiger partial charge >= 0.3 is 0 Å². The molecule has 0 saturated heterocycles. The fourth-order valence-electron chi connectivity index (χ4n) is 1.86. The highest BCUT2D eigenvalue weighted by Gasteiger charge is 2.22. The molecule has 21 heavy (non-hydrogen) atoms. The molecule has 2 rings (SSSR count). The molecule has 7 nitrogen and oxygen atoms in total. The van der Waals surface area contributed by atoms with Crippen LogP contribution in [0.25, 0.3) is 0 Å². The van der Waals surface area contributed by atoms with Crippen LogP contribution < -0.4 is 16.6 Å². The van der Waals surface area contributed by atoms with Crippen molar-refractivity contribution in [2.24, 2.45) is 5.84 Å². The van der Waals surface area contributed by atoms with Crippen LogP contribution in [0.2, 0.25) is 0 Å². The van der Waals surface area contributed by atoms with Crippen LogP contribution in [0.3, 0.4) is 0 Å². The lowest BCUT2D eigenvalue weighted by atomic mass is 10.1. The summed E-state index contributed by atoms with van der Waals surface area (Å²) in [5.41, 5.74) is 3.08. The maximum Gasteiger partial charge on any atom is 0.273 e. The van der Waals surface area contributed by atoms with Crippen molar-refractivity contribution in [3.05, 3.63) is 53.7 Å². The van der Waals surface area contributed by atoms with E-state index in [4.69, 9.17) is 10.3 Å². The first kappa shape index (κ1) is 14.7. The lowest BCUT2D eigenvalue weighted by Crippen LogP contribution is -2.50. The van der Waals surface area contributed by atoms with Crippen LogP contribution in [0.1, 0.15) is 21.9 Å². The number of benzene rings is 1. The number of aromatic nitrogens is 1. The second kappa shape index (κ2) is 6.67. The van der Waals surface area contributed by atoms with Gasteiger partial charge in [-0.25, -0.2) is 10.8 Å². The number of carbonyl (C=O) groups is 2. The molecule has 0 bridgehead atoms. The zero-order valence-corrected chi connectivity index (χ0v) is 11.5. The standard InChI is InChI=1S/C14H16N4O3/c1-9-16-12(8-21-9)13(19)17-11(14(20)18-15)7-10-5-3-2-4-6-10/h2-6,8,11H,7,15H2,1H3,(H,17,19)(H,18,20)/t11-/m0/s1. The Labute approximate surface area is 121 Å². The van der Waals surface area contributed by atoms with Crippen LogP contribution in [0, 0.1) is 6.92 Å². The average molecular weight is 288 g/mol. The number of aryl methyl sites for hydroxylation is 1. The van der Waals surface area contributed by atoms with Crippen LogP contribution in [-0.2, 0) is 11.2 Å². The van der Waals surface area contributed by atoms with Gasteiger partial charge in [0.2, 0.25) is 0 Å². The topological polar surface area (TPSA) is 110 Å². The molecule has 0 radical (unpaired) electrons. The van der Waals surface area contributed by atoms with Gasteiger partial charge in [-0.2, -0.15) is 0 Å². The zero-order chi connectivity index (χ0) is 15.2. The van der Waals surface area contributed by atoms with E-state index in [9.17, 15) is 9.59 Å². The van der Waals surface area contributed by atoms with E-state index in [2.05, 4.69) is 10.3 Å². The number of nitrogens with zero attached hydrogens (tertiary/aromatic N) is 1. The number of nitrogens with two attached hydrogens (primary N) is 1. The molecule has 0 unspecified atom stereocenters. The second-order valence-electron chi connectivity index (χ2n) is 4.48. The maximum absolute atomic E-state index is 12.0. The Hall–Kier alpha value is -2.67. The summed E-state index contributed by atoms with van der Waals surface area (Å²) in [7, 11) is 0. The quantitative estimate of drug-likeness (QED) is 0.417. The van der Waals surface area contributed by atoms with E-state index < -0.39 is 17.9 Å². The van der Waals surface area contributed by atoms with E-state index >= 15 is 0 Å². The van der Waals surface area contributed by atoms with E-state index in [1.807, 2.05) is 35.8 Å². The first-order chi connectivity index (χ1) is 10.1. The Bertz CT molecular complexity index is 624. The van der Waals surface area contributed by atoms with Gasteiger partial charge in [0, 0.05) is 13.3 Å². The van der Waals surface area contributed by atoms with Crippen LogP contribution in [0.15, 0.2) is 41.0 Å². The van der Waals surface area contributed by atoms with E-state index in [0.717, 1.165) is 5.56 Å². The number of hydrogen-bond acceptors (Lipinski definition) is 5. The Kier molecular flexibility index (Phi) is 4.68. The monoisotopic (exact) mass is 288 g/mol. The molecule has 0 spiro atoms. The third kappa shape index (κ3) is 3.90. The van der Waals surface area contributed by atoms with Crippen LogP contribution in [-0.4, -0.2) is 22.8 Å². The first-order valence-corrected chi connectivity index (χ1v) is 6.37. The molecule has 1 aromatic heterocycles. The number of oxazole rings is 1. The summed E-state index contributed by atoms with van der Waals surface area (Å²) in [5.74, 6) is 4.57. The van der Waals surface area contributed by atoms with Crippen molar-refractivity contribution < 1.29 is 14.0 Å². The van der Waals surface area contributed by atoms with Gasteiger partial charge < -0.3 is 9.73 Å². The lowest BCUT2D eigenvalue weighted by molar-refractivity contribution is -0.123. The Morgan fingerprint density at radius 2 is 2.05 bits per heavy atom. The highest BCUT2D eigenvalue weighted by Crippen LogP contribution is 2.05. The molecule has 2 amide bonds. The minimum absolute atomic E-state index is 0.121. The summed E-state index contributed by atoms with van der Waals surface area (Å²) in [6, 6.07) is 8.53. The van der Waals surface area contributed by atoms with Gasteiger partial charge in [-0.05, 0) is 5.56 Å². The molecule has 1 heterocycles. The van der Waals surface area contributed by atoms with Crippen molar-refractivity contribution >= 4 is 11.8 Å². The van der Waals surface area contributed by atoms with E-state index in [1.54, 1.807) is 6.92 Å². The first-order valence-electron chi connectivity index (χ1n) is 6.37. The molecule has 110 valence electrons. The van der Waals surface area contributed by atoms with E-state index in [-0.39, 0.29) is 5.69 Å². The summed E-state index contributed by atoms with van der Waals surface area (Å²) >= 11 is 0. The molecule has 0 aliphatic heterocycles. The van der Waals surface area contributed by atoms with Crippen LogP contribution >= 0.6 is 0 Å². The van der Waals surface area contributed by atoms with Gasteiger partial charge in [-0.15, -0.1) is 0 Å². The van der Waals surface area contributed by atoms with Crippen molar-refractivity contribution in [2.45, 2.75) is 19.4 Å². The van der Waals surface area contributed by atoms with Gasteiger partial charge in [0.25, 0.3) is 11.8 Å². The van der Waals surface area contributed by atoms with E-state index in [0.29, 0.717) is 12.3 Å². The number of carbonyl (C=O) groups excluding carboxylic acids is 2. The molecule has 1 atom stereocenters. The molecule has 1 aromatic carbocycles. The minimum Gasteiger partial charge on any atom is -0.448 e. The zero-order valence-electron chi connectivity index (χ0n) is 11.5. The molecular weight excluding hydrogens is 272 g/mol. The molecule has 0 aliphatic rings. The molecule has 7 heteroatoms. The third-order valence-electron chi connectivity index (χ3n) is 2.90. The predicted octanol–water partition coefficient (Wildman–Crippen LogP) is 0.314.